The van der Waals surface area contributed by atoms with E-state index in [0.29, 0.717) is 5.92 Å². The molecule has 1 spiro atoms. The van der Waals surface area contributed by atoms with Crippen molar-refractivity contribution >= 4 is 11.3 Å². The lowest BCUT2D eigenvalue weighted by Gasteiger charge is -2.44. The van der Waals surface area contributed by atoms with Crippen molar-refractivity contribution in [1.29, 1.82) is 0 Å². The van der Waals surface area contributed by atoms with Crippen LogP contribution >= 0.6 is 11.3 Å². The van der Waals surface area contributed by atoms with E-state index in [4.69, 9.17) is 9.47 Å². The molecule has 1 aromatic rings. The van der Waals surface area contributed by atoms with Gasteiger partial charge in [-0.2, -0.15) is 0 Å². The summed E-state index contributed by atoms with van der Waals surface area (Å²) in [6.45, 7) is 4.44. The fourth-order valence-corrected chi connectivity index (χ4v) is 4.23. The van der Waals surface area contributed by atoms with Crippen molar-refractivity contribution in [3.63, 3.8) is 0 Å². The molecule has 2 aliphatic heterocycles. The number of aliphatic hydroxyl groups excluding tert-OH is 1. The minimum atomic E-state index is -0.331. The van der Waals surface area contributed by atoms with Crippen molar-refractivity contribution in [3.05, 3.63) is 21.9 Å². The van der Waals surface area contributed by atoms with Gasteiger partial charge in [-0.15, -0.1) is 11.3 Å². The number of ether oxygens (including phenoxy) is 2. The Hall–Kier alpha value is -0.420. The topological polar surface area (TPSA) is 38.7 Å². The minimum absolute atomic E-state index is 0.0333. The Balaban J connectivity index is 1.70. The van der Waals surface area contributed by atoms with E-state index in [1.54, 1.807) is 11.3 Å². The van der Waals surface area contributed by atoms with Crippen LogP contribution in [0.2, 0.25) is 0 Å². The van der Waals surface area contributed by atoms with Crippen LogP contribution in [0.15, 0.2) is 12.1 Å². The third kappa shape index (κ3) is 2.87. The summed E-state index contributed by atoms with van der Waals surface area (Å²) in [5.74, 6) is 0.324. The van der Waals surface area contributed by atoms with E-state index in [9.17, 15) is 5.11 Å². The summed E-state index contributed by atoms with van der Waals surface area (Å²) in [6.07, 6.45) is 3.54. The lowest BCUT2D eigenvalue weighted by molar-refractivity contribution is -0.158. The van der Waals surface area contributed by atoms with E-state index >= 15 is 0 Å². The Bertz CT molecular complexity index is 417. The van der Waals surface area contributed by atoms with Crippen LogP contribution in [0.1, 0.15) is 41.5 Å². The number of aliphatic hydroxyl groups is 1. The lowest BCUT2D eigenvalue weighted by atomic mass is 9.78. The van der Waals surface area contributed by atoms with Crippen LogP contribution in [0.3, 0.4) is 0 Å². The first kappa shape index (κ1) is 13.6. The van der Waals surface area contributed by atoms with Crippen LogP contribution in [0.5, 0.6) is 0 Å². The summed E-state index contributed by atoms with van der Waals surface area (Å²) in [5, 5.41) is 10.6. The molecule has 2 saturated heterocycles. The molecule has 3 rings (SSSR count). The van der Waals surface area contributed by atoms with E-state index in [0.717, 1.165) is 50.4 Å². The third-order valence-electron chi connectivity index (χ3n) is 4.43. The van der Waals surface area contributed by atoms with Gasteiger partial charge in [0.1, 0.15) is 0 Å². The van der Waals surface area contributed by atoms with Gasteiger partial charge in [0.15, 0.2) is 0 Å². The van der Waals surface area contributed by atoms with Gasteiger partial charge in [0.2, 0.25) is 0 Å². The van der Waals surface area contributed by atoms with Crippen LogP contribution in [-0.2, 0) is 9.47 Å². The Morgan fingerprint density at radius 1 is 1.32 bits per heavy atom. The van der Waals surface area contributed by atoms with Gasteiger partial charge < -0.3 is 14.6 Å². The Morgan fingerprint density at radius 3 is 2.79 bits per heavy atom. The van der Waals surface area contributed by atoms with Gasteiger partial charge in [-0.05, 0) is 50.7 Å². The molecule has 0 saturated carbocycles. The average Bonchev–Trinajstić information content (AvgIpc) is 2.85. The number of aryl methyl sites for hydroxylation is 1. The number of rotatable bonds is 2. The summed E-state index contributed by atoms with van der Waals surface area (Å²) < 4.78 is 11.5. The Kier molecular flexibility index (Phi) is 3.94. The molecule has 3 nitrogen and oxygen atoms in total. The van der Waals surface area contributed by atoms with Crippen molar-refractivity contribution in [1.82, 2.24) is 0 Å². The van der Waals surface area contributed by atoms with Crippen LogP contribution < -0.4 is 0 Å². The zero-order chi connectivity index (χ0) is 13.3. The third-order valence-corrected chi connectivity index (χ3v) is 5.51. The van der Waals surface area contributed by atoms with Crippen molar-refractivity contribution in [2.75, 3.05) is 19.8 Å². The Labute approximate surface area is 118 Å². The highest BCUT2D eigenvalue weighted by Gasteiger charge is 2.41. The molecule has 0 bridgehead atoms. The molecule has 0 aromatic carbocycles. The van der Waals surface area contributed by atoms with Gasteiger partial charge >= 0.3 is 0 Å². The molecule has 4 heteroatoms. The minimum Gasteiger partial charge on any atom is -0.387 e. The van der Waals surface area contributed by atoms with E-state index < -0.39 is 0 Å². The number of hydrogen-bond acceptors (Lipinski definition) is 4. The first-order chi connectivity index (χ1) is 9.19. The van der Waals surface area contributed by atoms with E-state index in [2.05, 4.69) is 19.1 Å². The first-order valence-corrected chi connectivity index (χ1v) is 7.96. The molecule has 0 radical (unpaired) electrons. The molecule has 19 heavy (non-hydrogen) atoms. The molecule has 2 unspecified atom stereocenters. The molecule has 1 N–H and O–H groups in total. The standard InChI is InChI=1S/C15H22O3S/c1-11-2-3-13(19-11)14(16)12-4-7-18-15(10-12)5-8-17-9-6-15/h2-3,12,14,16H,4-10H2,1H3. The highest BCUT2D eigenvalue weighted by atomic mass is 32.1. The maximum absolute atomic E-state index is 10.6. The monoisotopic (exact) mass is 282 g/mol. The van der Waals surface area contributed by atoms with Crippen LogP contribution in [0, 0.1) is 12.8 Å². The predicted molar refractivity (Wildman–Crippen MR) is 75.5 cm³/mol. The van der Waals surface area contributed by atoms with Gasteiger partial charge in [-0.25, -0.2) is 0 Å². The smallest absolute Gasteiger partial charge is 0.0912 e. The lowest BCUT2D eigenvalue weighted by Crippen LogP contribution is -2.45. The second-order valence-electron chi connectivity index (χ2n) is 5.79. The van der Waals surface area contributed by atoms with Crippen LogP contribution in [-0.4, -0.2) is 30.5 Å². The summed E-state index contributed by atoms with van der Waals surface area (Å²) in [6, 6.07) is 4.16. The zero-order valence-corrected chi connectivity index (χ0v) is 12.2. The molecule has 2 fully saturated rings. The highest BCUT2D eigenvalue weighted by Crippen LogP contribution is 2.42. The first-order valence-electron chi connectivity index (χ1n) is 7.15. The summed E-state index contributed by atoms with van der Waals surface area (Å²) >= 11 is 1.71. The maximum Gasteiger partial charge on any atom is 0.0912 e. The van der Waals surface area contributed by atoms with Crippen molar-refractivity contribution in [2.24, 2.45) is 5.92 Å². The van der Waals surface area contributed by atoms with Gasteiger partial charge in [-0.3, -0.25) is 0 Å². The molecule has 3 heterocycles. The molecule has 0 aliphatic carbocycles. The normalized spacial score (nSPS) is 28.4. The fraction of sp³-hybridized carbons (Fsp3) is 0.733. The summed E-state index contributed by atoms with van der Waals surface area (Å²) in [7, 11) is 0. The quantitative estimate of drug-likeness (QED) is 0.906. The van der Waals surface area contributed by atoms with Crippen LogP contribution in [0.25, 0.3) is 0 Å². The van der Waals surface area contributed by atoms with E-state index in [1.807, 2.05) is 0 Å². The van der Waals surface area contributed by atoms with E-state index in [-0.39, 0.29) is 11.7 Å². The van der Waals surface area contributed by atoms with Gasteiger partial charge in [0, 0.05) is 29.6 Å². The van der Waals surface area contributed by atoms with Crippen molar-refractivity contribution in [3.8, 4) is 0 Å². The highest BCUT2D eigenvalue weighted by molar-refractivity contribution is 7.12. The van der Waals surface area contributed by atoms with Crippen molar-refractivity contribution in [2.45, 2.75) is 44.3 Å². The molecule has 106 valence electrons. The zero-order valence-electron chi connectivity index (χ0n) is 11.4. The summed E-state index contributed by atoms with van der Waals surface area (Å²) in [5.41, 5.74) is -0.0333. The molecular formula is C15H22O3S. The van der Waals surface area contributed by atoms with Crippen LogP contribution in [0.4, 0.5) is 0 Å². The second-order valence-corrected chi connectivity index (χ2v) is 7.11. The number of thiophene rings is 1. The maximum atomic E-state index is 10.6. The molecule has 1 aromatic heterocycles. The Morgan fingerprint density at radius 2 is 2.11 bits per heavy atom. The van der Waals surface area contributed by atoms with Crippen molar-refractivity contribution < 1.29 is 14.6 Å². The van der Waals surface area contributed by atoms with Gasteiger partial charge in [0.05, 0.1) is 11.7 Å². The molecule has 2 atom stereocenters. The predicted octanol–water partition coefficient (Wildman–Crippen LogP) is 3.07. The van der Waals surface area contributed by atoms with Gasteiger partial charge in [-0.1, -0.05) is 0 Å². The average molecular weight is 282 g/mol. The SMILES string of the molecule is Cc1ccc(C(O)C2CCOC3(CCOCC3)C2)s1. The largest absolute Gasteiger partial charge is 0.387 e. The molecule has 0 amide bonds. The molecular weight excluding hydrogens is 260 g/mol. The van der Waals surface area contributed by atoms with E-state index in [1.165, 1.54) is 4.88 Å². The summed E-state index contributed by atoms with van der Waals surface area (Å²) in [4.78, 5) is 2.37. The fourth-order valence-electron chi connectivity index (χ4n) is 3.27. The van der Waals surface area contributed by atoms with Gasteiger partial charge in [0.25, 0.3) is 0 Å². The number of hydrogen-bond donors (Lipinski definition) is 1. The molecule has 2 aliphatic rings. The second kappa shape index (κ2) is 5.52.